The van der Waals surface area contributed by atoms with Crippen LogP contribution in [0.15, 0.2) is 57.9 Å². The summed E-state index contributed by atoms with van der Waals surface area (Å²) in [6, 6.07) is 9.14. The van der Waals surface area contributed by atoms with Gasteiger partial charge in [-0.25, -0.2) is 17.8 Å². The molecule has 6 nitrogen and oxygen atoms in total. The summed E-state index contributed by atoms with van der Waals surface area (Å²) in [5.41, 5.74) is 2.84. The Labute approximate surface area is 189 Å². The first-order chi connectivity index (χ1) is 15.2. The van der Waals surface area contributed by atoms with Crippen molar-refractivity contribution < 1.29 is 22.3 Å². The molecule has 4 aromatic rings. The third kappa shape index (κ3) is 3.82. The van der Waals surface area contributed by atoms with Crippen LogP contribution in [0, 0.1) is 19.7 Å². The van der Waals surface area contributed by atoms with Gasteiger partial charge >= 0.3 is 5.97 Å². The van der Waals surface area contributed by atoms with Crippen molar-refractivity contribution in [2.45, 2.75) is 36.7 Å². The number of sulfone groups is 1. The lowest BCUT2D eigenvalue weighted by Crippen LogP contribution is -2.12. The second kappa shape index (κ2) is 8.48. The Morgan fingerprint density at radius 2 is 2.00 bits per heavy atom. The molecule has 0 atom stereocenters. The number of nitrogens with zero attached hydrogens (tertiary/aromatic N) is 2. The van der Waals surface area contributed by atoms with Gasteiger partial charge in [0.05, 0.1) is 12.0 Å². The fourth-order valence-electron chi connectivity index (χ4n) is 3.89. The molecule has 4 rings (SSSR count). The van der Waals surface area contributed by atoms with E-state index < -0.39 is 21.6 Å². The Hall–Kier alpha value is -3.04. The highest BCUT2D eigenvalue weighted by Crippen LogP contribution is 2.36. The minimum absolute atomic E-state index is 0.0152. The first-order valence-corrected chi connectivity index (χ1v) is 12.2. The van der Waals surface area contributed by atoms with Gasteiger partial charge in [0.2, 0.25) is 9.84 Å². The third-order valence-electron chi connectivity index (χ3n) is 5.44. The summed E-state index contributed by atoms with van der Waals surface area (Å²) in [6.45, 7) is 3.57. The number of hydrogen-bond acceptors (Lipinski definition) is 6. The van der Waals surface area contributed by atoms with Crippen molar-refractivity contribution in [3.8, 4) is 0 Å². The van der Waals surface area contributed by atoms with Crippen LogP contribution in [0.1, 0.15) is 21.7 Å². The van der Waals surface area contributed by atoms with E-state index in [9.17, 15) is 17.6 Å². The lowest BCUT2D eigenvalue weighted by Gasteiger charge is -2.09. The van der Waals surface area contributed by atoms with E-state index in [0.717, 1.165) is 11.3 Å². The van der Waals surface area contributed by atoms with Crippen molar-refractivity contribution in [1.82, 2.24) is 9.55 Å². The molecule has 0 saturated carbocycles. The number of ether oxygens (including phenoxy) is 1. The maximum Gasteiger partial charge on any atom is 0.325 e. The lowest BCUT2D eigenvalue weighted by molar-refractivity contribution is -0.141. The summed E-state index contributed by atoms with van der Waals surface area (Å²) in [7, 11) is -2.51. The van der Waals surface area contributed by atoms with Gasteiger partial charge in [-0.3, -0.25) is 4.79 Å². The Bertz CT molecular complexity index is 1420. The molecule has 0 aliphatic heterocycles. The van der Waals surface area contributed by atoms with Gasteiger partial charge in [0.1, 0.15) is 12.4 Å². The number of aromatic nitrogens is 2. The van der Waals surface area contributed by atoms with Gasteiger partial charge in [-0.1, -0.05) is 6.07 Å². The number of pyridine rings is 1. The first kappa shape index (κ1) is 22.2. The number of carbonyl (C=O) groups is 1. The number of methoxy groups -OCH3 is 1. The highest BCUT2D eigenvalue weighted by Gasteiger charge is 2.28. The number of benzene rings is 1. The van der Waals surface area contributed by atoms with Gasteiger partial charge in [0.25, 0.3) is 0 Å². The number of aryl methyl sites for hydroxylation is 1. The van der Waals surface area contributed by atoms with Crippen LogP contribution in [0.5, 0.6) is 0 Å². The summed E-state index contributed by atoms with van der Waals surface area (Å²) in [4.78, 5) is 16.9. The third-order valence-corrected chi connectivity index (χ3v) is 8.57. The highest BCUT2D eigenvalue weighted by molar-refractivity contribution is 7.91. The number of thiophene rings is 1. The Kier molecular flexibility index (Phi) is 5.87. The molecule has 166 valence electrons. The largest absolute Gasteiger partial charge is 0.468 e. The van der Waals surface area contributed by atoms with E-state index in [1.807, 2.05) is 6.92 Å². The van der Waals surface area contributed by atoms with Crippen molar-refractivity contribution in [3.63, 3.8) is 0 Å². The van der Waals surface area contributed by atoms with Gasteiger partial charge in [-0.15, -0.1) is 11.3 Å². The van der Waals surface area contributed by atoms with E-state index in [1.54, 1.807) is 35.1 Å². The molecule has 32 heavy (non-hydrogen) atoms. The van der Waals surface area contributed by atoms with Crippen molar-refractivity contribution >= 4 is 38.0 Å². The molecule has 0 radical (unpaired) electrons. The zero-order valence-electron chi connectivity index (χ0n) is 17.8. The molecule has 9 heteroatoms. The molecule has 0 amide bonds. The fourth-order valence-corrected chi connectivity index (χ4v) is 6.89. The number of esters is 1. The van der Waals surface area contributed by atoms with E-state index in [-0.39, 0.29) is 22.9 Å². The van der Waals surface area contributed by atoms with E-state index in [4.69, 9.17) is 4.74 Å². The maximum atomic E-state index is 14.1. The summed E-state index contributed by atoms with van der Waals surface area (Å²) in [5, 5.41) is 2.42. The minimum Gasteiger partial charge on any atom is -0.468 e. The van der Waals surface area contributed by atoms with Crippen LogP contribution in [0.4, 0.5) is 4.39 Å². The average Bonchev–Trinajstić information content (AvgIpc) is 3.27. The molecular weight excluding hydrogens is 451 g/mol. The highest BCUT2D eigenvalue weighted by atomic mass is 32.2. The van der Waals surface area contributed by atoms with Crippen LogP contribution in [0.3, 0.4) is 0 Å². The van der Waals surface area contributed by atoms with Crippen LogP contribution in [0.25, 0.3) is 10.9 Å². The molecule has 0 N–H and O–H groups in total. The van der Waals surface area contributed by atoms with E-state index in [2.05, 4.69) is 4.98 Å². The van der Waals surface area contributed by atoms with Crippen LogP contribution in [-0.2, 0) is 32.3 Å². The number of hydrogen-bond donors (Lipinski definition) is 0. The molecule has 3 heterocycles. The van der Waals surface area contributed by atoms with E-state index in [1.165, 1.54) is 42.8 Å². The quantitative estimate of drug-likeness (QED) is 0.388. The SMILES string of the molecule is COC(=O)Cn1c(C)c(Cc2scc(C)c2S(=O)(=O)c2ccccn2)c2cc(F)ccc21. The Morgan fingerprint density at radius 1 is 1.22 bits per heavy atom. The number of carbonyl (C=O) groups excluding carboxylic acids is 1. The predicted molar refractivity (Wildman–Crippen MR) is 120 cm³/mol. The second-order valence-electron chi connectivity index (χ2n) is 7.41. The van der Waals surface area contributed by atoms with Gasteiger partial charge in [-0.05, 0) is 60.7 Å². The van der Waals surface area contributed by atoms with E-state index >= 15 is 0 Å². The molecule has 0 fully saturated rings. The molecule has 0 unspecified atom stereocenters. The van der Waals surface area contributed by atoms with E-state index in [0.29, 0.717) is 21.3 Å². The molecule has 0 saturated heterocycles. The zero-order chi connectivity index (χ0) is 23.0. The Balaban J connectivity index is 1.86. The number of halogens is 1. The smallest absolute Gasteiger partial charge is 0.325 e. The molecule has 0 spiro atoms. The molecular formula is C23H21FN2O4S2. The topological polar surface area (TPSA) is 78.3 Å². The van der Waals surface area contributed by atoms with Crippen molar-refractivity contribution in [3.05, 3.63) is 75.5 Å². The average molecular weight is 473 g/mol. The molecule has 3 aromatic heterocycles. The van der Waals surface area contributed by atoms with Crippen molar-refractivity contribution in [1.29, 1.82) is 0 Å². The molecule has 0 bridgehead atoms. The zero-order valence-corrected chi connectivity index (χ0v) is 19.4. The standard InChI is InChI=1S/C23H21FN2O4S2/c1-14-13-31-20(23(14)32(28,29)21-6-4-5-9-25-21)11-17-15(2)26(12-22(27)30-3)19-8-7-16(24)10-18(17)19/h4-10,13H,11-12H2,1-3H3. The molecule has 1 aromatic carbocycles. The summed E-state index contributed by atoms with van der Waals surface area (Å²) >= 11 is 1.34. The maximum absolute atomic E-state index is 14.1. The minimum atomic E-state index is -3.82. The predicted octanol–water partition coefficient (Wildman–Crippen LogP) is 4.45. The first-order valence-electron chi connectivity index (χ1n) is 9.81. The van der Waals surface area contributed by atoms with Crippen LogP contribution >= 0.6 is 11.3 Å². The van der Waals surface area contributed by atoms with Crippen LogP contribution < -0.4 is 0 Å². The summed E-state index contributed by atoms with van der Waals surface area (Å²) < 4.78 is 47.4. The van der Waals surface area contributed by atoms with Crippen LogP contribution in [0.2, 0.25) is 0 Å². The normalized spacial score (nSPS) is 11.8. The molecule has 0 aliphatic rings. The monoisotopic (exact) mass is 472 g/mol. The van der Waals surface area contributed by atoms with Crippen LogP contribution in [-0.4, -0.2) is 31.0 Å². The van der Waals surface area contributed by atoms with Crippen molar-refractivity contribution in [2.24, 2.45) is 0 Å². The van der Waals surface area contributed by atoms with Gasteiger partial charge in [-0.2, -0.15) is 0 Å². The van der Waals surface area contributed by atoms with Gasteiger partial charge < -0.3 is 9.30 Å². The summed E-state index contributed by atoms with van der Waals surface area (Å²) in [5.74, 6) is -0.830. The second-order valence-corrected chi connectivity index (χ2v) is 10.2. The fraction of sp³-hybridized carbons (Fsp3) is 0.217. The number of rotatable bonds is 6. The number of fused-ring (bicyclic) bond motifs is 1. The van der Waals surface area contributed by atoms with Gasteiger partial charge in [0, 0.05) is 34.1 Å². The van der Waals surface area contributed by atoms with Crippen molar-refractivity contribution in [2.75, 3.05) is 7.11 Å². The lowest BCUT2D eigenvalue weighted by atomic mass is 10.1. The Morgan fingerprint density at radius 3 is 2.69 bits per heavy atom. The molecule has 0 aliphatic carbocycles. The van der Waals surface area contributed by atoms with Gasteiger partial charge in [0.15, 0.2) is 5.03 Å². The summed E-state index contributed by atoms with van der Waals surface area (Å²) in [6.07, 6.45) is 1.72.